The van der Waals surface area contributed by atoms with Crippen LogP contribution in [0.5, 0.6) is 0 Å². The number of benzene rings is 1. The van der Waals surface area contributed by atoms with Crippen molar-refractivity contribution in [3.8, 4) is 0 Å². The third-order valence-corrected chi connectivity index (χ3v) is 2.87. The normalized spacial score (nSPS) is 22.5. The van der Waals surface area contributed by atoms with Crippen LogP contribution in [0.3, 0.4) is 0 Å². The molecular weight excluding hydrogens is 182 g/mol. The van der Waals surface area contributed by atoms with E-state index >= 15 is 0 Å². The molecule has 0 saturated heterocycles. The van der Waals surface area contributed by atoms with Crippen LogP contribution in [-0.4, -0.2) is 17.2 Å². The van der Waals surface area contributed by atoms with Crippen molar-refractivity contribution >= 4 is 16.8 Å². The average Bonchev–Trinajstić information content (AvgIpc) is 2.19. The van der Waals surface area contributed by atoms with Gasteiger partial charge in [-0.05, 0) is 6.92 Å². The summed E-state index contributed by atoms with van der Waals surface area (Å²) in [5.74, 6) is 0. The zero-order valence-electron chi connectivity index (χ0n) is 7.43. The minimum absolute atomic E-state index is 0.215. The minimum Gasteiger partial charge on any atom is -0.345 e. The molecule has 0 unspecified atom stereocenters. The molecule has 2 nitrogen and oxygen atoms in total. The summed E-state index contributed by atoms with van der Waals surface area (Å²) in [5, 5.41) is 1.08. The molecule has 0 aromatic heterocycles. The van der Waals surface area contributed by atoms with Gasteiger partial charge >= 0.3 is 0 Å². The third kappa shape index (κ3) is 2.11. The van der Waals surface area contributed by atoms with Crippen LogP contribution in [0.25, 0.3) is 0 Å². The number of thioether (sulfide) groups is 1. The molecule has 0 fully saturated rings. The van der Waals surface area contributed by atoms with E-state index in [9.17, 15) is 0 Å². The SMILES string of the molecule is C[C@@H]1OCN=C(c2ccccc2)S1. The summed E-state index contributed by atoms with van der Waals surface area (Å²) in [4.78, 5) is 4.31. The standard InChI is InChI=1S/C10H11NOS/c1-8-12-7-11-10(13-8)9-5-3-2-4-6-9/h2-6,8H,7H2,1H3/t8-/m1/s1. The second-order valence-corrected chi connectivity index (χ2v) is 4.10. The van der Waals surface area contributed by atoms with Gasteiger partial charge < -0.3 is 4.74 Å². The predicted octanol–water partition coefficient (Wildman–Crippen LogP) is 2.50. The fourth-order valence-electron chi connectivity index (χ4n) is 1.17. The largest absolute Gasteiger partial charge is 0.345 e. The van der Waals surface area contributed by atoms with Crippen molar-refractivity contribution < 1.29 is 4.74 Å². The monoisotopic (exact) mass is 193 g/mol. The average molecular weight is 193 g/mol. The van der Waals surface area contributed by atoms with Gasteiger partial charge in [0.25, 0.3) is 0 Å². The van der Waals surface area contributed by atoms with Gasteiger partial charge in [0.15, 0.2) is 0 Å². The molecule has 13 heavy (non-hydrogen) atoms. The number of hydrogen-bond donors (Lipinski definition) is 0. The summed E-state index contributed by atoms with van der Waals surface area (Å²) in [5.41, 5.74) is 1.40. The van der Waals surface area contributed by atoms with Crippen LogP contribution >= 0.6 is 11.8 Å². The van der Waals surface area contributed by atoms with Crippen molar-refractivity contribution in [2.75, 3.05) is 6.73 Å². The Morgan fingerprint density at radius 3 is 2.85 bits per heavy atom. The summed E-state index contributed by atoms with van der Waals surface area (Å²) in [6.07, 6.45) is 0. The van der Waals surface area contributed by atoms with Crippen LogP contribution in [0.2, 0.25) is 0 Å². The van der Waals surface area contributed by atoms with Gasteiger partial charge in [-0.25, -0.2) is 4.99 Å². The van der Waals surface area contributed by atoms with E-state index < -0.39 is 0 Å². The highest BCUT2D eigenvalue weighted by atomic mass is 32.2. The molecule has 0 bridgehead atoms. The van der Waals surface area contributed by atoms with E-state index in [-0.39, 0.29) is 5.44 Å². The van der Waals surface area contributed by atoms with E-state index in [1.165, 1.54) is 5.56 Å². The Labute approximate surface area is 82.0 Å². The van der Waals surface area contributed by atoms with Gasteiger partial charge in [0.05, 0.1) is 0 Å². The smallest absolute Gasteiger partial charge is 0.140 e. The van der Waals surface area contributed by atoms with E-state index in [0.717, 1.165) is 5.04 Å². The lowest BCUT2D eigenvalue weighted by molar-refractivity contribution is 0.130. The molecule has 1 aliphatic rings. The molecule has 0 radical (unpaired) electrons. The van der Waals surface area contributed by atoms with Gasteiger partial charge in [-0.3, -0.25) is 0 Å². The summed E-state index contributed by atoms with van der Waals surface area (Å²) < 4.78 is 5.30. The van der Waals surface area contributed by atoms with Crippen molar-refractivity contribution in [1.82, 2.24) is 0 Å². The van der Waals surface area contributed by atoms with Gasteiger partial charge in [-0.15, -0.1) is 0 Å². The van der Waals surface area contributed by atoms with Gasteiger partial charge in [-0.1, -0.05) is 42.1 Å². The number of nitrogens with zero attached hydrogens (tertiary/aromatic N) is 1. The summed E-state index contributed by atoms with van der Waals surface area (Å²) >= 11 is 1.67. The Morgan fingerprint density at radius 1 is 1.38 bits per heavy atom. The van der Waals surface area contributed by atoms with Crippen LogP contribution in [0.4, 0.5) is 0 Å². The molecule has 68 valence electrons. The molecule has 3 heteroatoms. The zero-order chi connectivity index (χ0) is 9.10. The number of aliphatic imine (C=N–C) groups is 1. The fraction of sp³-hybridized carbons (Fsp3) is 0.300. The Hall–Kier alpha value is -0.800. The highest BCUT2D eigenvalue weighted by molar-refractivity contribution is 8.14. The Kier molecular flexibility index (Phi) is 2.66. The second kappa shape index (κ2) is 3.94. The summed E-state index contributed by atoms with van der Waals surface area (Å²) in [6.45, 7) is 2.53. The van der Waals surface area contributed by atoms with E-state index in [1.54, 1.807) is 11.8 Å². The summed E-state index contributed by atoms with van der Waals surface area (Å²) in [7, 11) is 0. The first-order chi connectivity index (χ1) is 6.36. The van der Waals surface area contributed by atoms with E-state index in [0.29, 0.717) is 6.73 Å². The van der Waals surface area contributed by atoms with Gasteiger partial charge in [-0.2, -0.15) is 0 Å². The Balaban J connectivity index is 2.22. The van der Waals surface area contributed by atoms with E-state index in [2.05, 4.69) is 17.1 Å². The van der Waals surface area contributed by atoms with Crippen molar-refractivity contribution in [3.63, 3.8) is 0 Å². The minimum atomic E-state index is 0.215. The molecule has 1 aliphatic heterocycles. The maximum atomic E-state index is 5.30. The molecular formula is C10H11NOS. The number of rotatable bonds is 1. The highest BCUT2D eigenvalue weighted by Gasteiger charge is 2.14. The molecule has 0 saturated carbocycles. The maximum absolute atomic E-state index is 5.30. The van der Waals surface area contributed by atoms with Crippen molar-refractivity contribution in [3.05, 3.63) is 35.9 Å². The highest BCUT2D eigenvalue weighted by Crippen LogP contribution is 2.23. The molecule has 1 aromatic carbocycles. The Bertz CT molecular complexity index is 310. The molecule has 0 spiro atoms. The molecule has 0 amide bonds. The topological polar surface area (TPSA) is 21.6 Å². The summed E-state index contributed by atoms with van der Waals surface area (Å²) in [6, 6.07) is 10.2. The van der Waals surface area contributed by atoms with Gasteiger partial charge in [0.2, 0.25) is 0 Å². The number of ether oxygens (including phenoxy) is 1. The second-order valence-electron chi connectivity index (χ2n) is 2.81. The first-order valence-corrected chi connectivity index (χ1v) is 5.12. The molecule has 0 N–H and O–H groups in total. The van der Waals surface area contributed by atoms with Crippen LogP contribution in [-0.2, 0) is 4.74 Å². The van der Waals surface area contributed by atoms with Crippen molar-refractivity contribution in [2.24, 2.45) is 4.99 Å². The zero-order valence-corrected chi connectivity index (χ0v) is 8.25. The fourth-order valence-corrected chi connectivity index (χ4v) is 2.01. The van der Waals surface area contributed by atoms with Crippen molar-refractivity contribution in [1.29, 1.82) is 0 Å². The first-order valence-electron chi connectivity index (χ1n) is 4.24. The van der Waals surface area contributed by atoms with Crippen LogP contribution < -0.4 is 0 Å². The molecule has 1 atom stereocenters. The molecule has 2 rings (SSSR count). The maximum Gasteiger partial charge on any atom is 0.140 e. The predicted molar refractivity (Wildman–Crippen MR) is 56.0 cm³/mol. The lowest BCUT2D eigenvalue weighted by atomic mass is 10.2. The van der Waals surface area contributed by atoms with Crippen molar-refractivity contribution in [2.45, 2.75) is 12.4 Å². The quantitative estimate of drug-likeness (QED) is 0.683. The van der Waals surface area contributed by atoms with E-state index in [4.69, 9.17) is 4.74 Å². The third-order valence-electron chi connectivity index (χ3n) is 1.82. The molecule has 0 aliphatic carbocycles. The lowest BCUT2D eigenvalue weighted by Crippen LogP contribution is -2.14. The van der Waals surface area contributed by atoms with Gasteiger partial charge in [0.1, 0.15) is 17.2 Å². The lowest BCUT2D eigenvalue weighted by Gasteiger charge is -2.18. The molecule has 1 aromatic rings. The van der Waals surface area contributed by atoms with Crippen LogP contribution in [0.1, 0.15) is 12.5 Å². The Morgan fingerprint density at radius 2 is 2.15 bits per heavy atom. The van der Waals surface area contributed by atoms with E-state index in [1.807, 2.05) is 25.1 Å². The molecule has 1 heterocycles. The first kappa shape index (κ1) is 8.78. The van der Waals surface area contributed by atoms with Gasteiger partial charge in [0, 0.05) is 5.56 Å². The van der Waals surface area contributed by atoms with Crippen LogP contribution in [0, 0.1) is 0 Å². The number of hydrogen-bond acceptors (Lipinski definition) is 3. The van der Waals surface area contributed by atoms with Crippen LogP contribution in [0.15, 0.2) is 35.3 Å².